The smallest absolute Gasteiger partial charge is 0.0951 e. The highest BCUT2D eigenvalue weighted by Gasteiger charge is 2.12. The van der Waals surface area contributed by atoms with E-state index in [4.69, 9.17) is 0 Å². The molecule has 1 unspecified atom stereocenters. The highest BCUT2D eigenvalue weighted by Crippen LogP contribution is 2.26. The Kier molecular flexibility index (Phi) is 4.42. The van der Waals surface area contributed by atoms with E-state index in [0.29, 0.717) is 12.1 Å². The lowest BCUT2D eigenvalue weighted by atomic mass is 10.1. The Bertz CT molecular complexity index is 539. The lowest BCUT2D eigenvalue weighted by molar-refractivity contribution is 0.518. The molecule has 1 N–H and O–H groups in total. The molecule has 0 fully saturated rings. The lowest BCUT2D eigenvalue weighted by Gasteiger charge is -2.16. The Hall–Kier alpha value is -1.13. The van der Waals surface area contributed by atoms with Crippen molar-refractivity contribution in [2.24, 2.45) is 0 Å². The fourth-order valence-corrected chi connectivity index (χ4v) is 3.40. The summed E-state index contributed by atoms with van der Waals surface area (Å²) in [7, 11) is 0. The minimum atomic E-state index is 0.375. The summed E-state index contributed by atoms with van der Waals surface area (Å²) in [6, 6.07) is 3.12. The Morgan fingerprint density at radius 1 is 1.32 bits per heavy atom. The van der Waals surface area contributed by atoms with Gasteiger partial charge in [0, 0.05) is 34.6 Å². The first-order valence-electron chi connectivity index (χ1n) is 6.80. The van der Waals surface area contributed by atoms with Crippen molar-refractivity contribution in [1.82, 2.24) is 14.9 Å². The maximum atomic E-state index is 4.24. The van der Waals surface area contributed by atoms with Crippen LogP contribution in [0.25, 0.3) is 0 Å². The first-order valence-corrected chi connectivity index (χ1v) is 7.61. The average molecular weight is 277 g/mol. The number of aromatic nitrogens is 2. The Balaban J connectivity index is 2.02. The Labute approximate surface area is 119 Å². The van der Waals surface area contributed by atoms with Gasteiger partial charge in [-0.15, -0.1) is 11.3 Å². The molecule has 0 radical (unpaired) electrons. The van der Waals surface area contributed by atoms with Crippen LogP contribution in [0.15, 0.2) is 18.6 Å². The molecule has 0 aromatic carbocycles. The second-order valence-electron chi connectivity index (χ2n) is 5.36. The SMILES string of the molecule is Cc1cc(C(C)NCc2cncn2C(C)C)c(C)s1. The number of aryl methyl sites for hydroxylation is 2. The molecule has 104 valence electrons. The molecule has 2 rings (SSSR count). The first kappa shape index (κ1) is 14.3. The number of rotatable bonds is 5. The van der Waals surface area contributed by atoms with Crippen LogP contribution >= 0.6 is 11.3 Å². The zero-order valence-corrected chi connectivity index (χ0v) is 13.2. The third-order valence-electron chi connectivity index (χ3n) is 3.44. The van der Waals surface area contributed by atoms with Crippen molar-refractivity contribution in [3.63, 3.8) is 0 Å². The molecule has 0 aliphatic rings. The number of imidazole rings is 1. The quantitative estimate of drug-likeness (QED) is 0.895. The molecule has 1 atom stereocenters. The van der Waals surface area contributed by atoms with Gasteiger partial charge in [0.1, 0.15) is 0 Å². The van der Waals surface area contributed by atoms with E-state index < -0.39 is 0 Å². The van der Waals surface area contributed by atoms with E-state index in [9.17, 15) is 0 Å². The summed E-state index contributed by atoms with van der Waals surface area (Å²) in [6.45, 7) is 11.8. The Morgan fingerprint density at radius 3 is 2.63 bits per heavy atom. The maximum Gasteiger partial charge on any atom is 0.0951 e. The number of nitrogens with zero attached hydrogens (tertiary/aromatic N) is 2. The van der Waals surface area contributed by atoms with Gasteiger partial charge in [0.15, 0.2) is 0 Å². The molecule has 0 aliphatic heterocycles. The molecule has 0 spiro atoms. The monoisotopic (exact) mass is 277 g/mol. The molecule has 0 saturated heterocycles. The van der Waals surface area contributed by atoms with Crippen LogP contribution in [-0.4, -0.2) is 9.55 Å². The van der Waals surface area contributed by atoms with Crippen LogP contribution in [0.5, 0.6) is 0 Å². The van der Waals surface area contributed by atoms with E-state index in [-0.39, 0.29) is 0 Å². The van der Waals surface area contributed by atoms with Gasteiger partial charge >= 0.3 is 0 Å². The summed E-state index contributed by atoms with van der Waals surface area (Å²) >= 11 is 1.87. The van der Waals surface area contributed by atoms with Crippen molar-refractivity contribution in [1.29, 1.82) is 0 Å². The third kappa shape index (κ3) is 3.25. The molecule has 0 aliphatic carbocycles. The van der Waals surface area contributed by atoms with Crippen LogP contribution in [0.4, 0.5) is 0 Å². The number of hydrogen-bond donors (Lipinski definition) is 1. The molecule has 2 aromatic heterocycles. The van der Waals surface area contributed by atoms with Crippen molar-refractivity contribution in [2.75, 3.05) is 0 Å². The van der Waals surface area contributed by atoms with Crippen LogP contribution in [0.2, 0.25) is 0 Å². The van der Waals surface area contributed by atoms with Crippen LogP contribution < -0.4 is 5.32 Å². The predicted octanol–water partition coefficient (Wildman–Crippen LogP) is 3.99. The molecule has 0 amide bonds. The fourth-order valence-electron chi connectivity index (χ4n) is 2.38. The summed E-state index contributed by atoms with van der Waals surface area (Å²) in [4.78, 5) is 7.04. The van der Waals surface area contributed by atoms with Crippen molar-refractivity contribution in [2.45, 2.75) is 53.2 Å². The van der Waals surface area contributed by atoms with E-state index >= 15 is 0 Å². The normalized spacial score (nSPS) is 13.2. The Morgan fingerprint density at radius 2 is 2.05 bits per heavy atom. The van der Waals surface area contributed by atoms with Crippen LogP contribution in [0, 0.1) is 13.8 Å². The topological polar surface area (TPSA) is 29.9 Å². The number of hydrogen-bond acceptors (Lipinski definition) is 3. The molecular weight excluding hydrogens is 254 g/mol. The zero-order valence-electron chi connectivity index (χ0n) is 12.4. The van der Waals surface area contributed by atoms with Gasteiger partial charge in [-0.25, -0.2) is 4.98 Å². The van der Waals surface area contributed by atoms with Gasteiger partial charge < -0.3 is 9.88 Å². The van der Waals surface area contributed by atoms with Gasteiger partial charge in [-0.1, -0.05) is 0 Å². The third-order valence-corrected chi connectivity index (χ3v) is 4.42. The van der Waals surface area contributed by atoms with Crippen LogP contribution in [0.1, 0.15) is 53.9 Å². The minimum Gasteiger partial charge on any atom is -0.331 e. The fraction of sp³-hybridized carbons (Fsp3) is 0.533. The van der Waals surface area contributed by atoms with E-state index in [1.807, 2.05) is 23.9 Å². The summed E-state index contributed by atoms with van der Waals surface area (Å²) in [5, 5.41) is 3.60. The van der Waals surface area contributed by atoms with E-state index in [2.05, 4.69) is 55.6 Å². The van der Waals surface area contributed by atoms with Crippen LogP contribution in [0.3, 0.4) is 0 Å². The van der Waals surface area contributed by atoms with Crippen molar-refractivity contribution < 1.29 is 0 Å². The minimum absolute atomic E-state index is 0.375. The average Bonchev–Trinajstić information content (AvgIpc) is 2.92. The molecule has 3 nitrogen and oxygen atoms in total. The van der Waals surface area contributed by atoms with Crippen molar-refractivity contribution in [3.8, 4) is 0 Å². The summed E-state index contributed by atoms with van der Waals surface area (Å²) in [5.74, 6) is 0. The van der Waals surface area contributed by atoms with Gasteiger partial charge in [0.2, 0.25) is 0 Å². The second-order valence-corrected chi connectivity index (χ2v) is 6.82. The van der Waals surface area contributed by atoms with E-state index in [1.54, 1.807) is 0 Å². The molecule has 19 heavy (non-hydrogen) atoms. The van der Waals surface area contributed by atoms with Gasteiger partial charge in [0.05, 0.1) is 12.0 Å². The highest BCUT2D eigenvalue weighted by molar-refractivity contribution is 7.12. The maximum absolute atomic E-state index is 4.24. The van der Waals surface area contributed by atoms with Gasteiger partial charge in [-0.2, -0.15) is 0 Å². The lowest BCUT2D eigenvalue weighted by Crippen LogP contribution is -2.20. The zero-order chi connectivity index (χ0) is 14.0. The second kappa shape index (κ2) is 5.88. The predicted molar refractivity (Wildman–Crippen MR) is 81.7 cm³/mol. The summed E-state index contributed by atoms with van der Waals surface area (Å²) < 4.78 is 2.21. The largest absolute Gasteiger partial charge is 0.331 e. The first-order chi connectivity index (χ1) is 8.99. The summed E-state index contributed by atoms with van der Waals surface area (Å²) in [5.41, 5.74) is 2.66. The highest BCUT2D eigenvalue weighted by atomic mass is 32.1. The molecule has 4 heteroatoms. The van der Waals surface area contributed by atoms with Gasteiger partial charge in [-0.05, 0) is 46.2 Å². The van der Waals surface area contributed by atoms with Crippen molar-refractivity contribution in [3.05, 3.63) is 39.6 Å². The van der Waals surface area contributed by atoms with Crippen molar-refractivity contribution >= 4 is 11.3 Å². The summed E-state index contributed by atoms with van der Waals surface area (Å²) in [6.07, 6.45) is 3.86. The standard InChI is InChI=1S/C15H23N3S/c1-10(2)18-9-16-7-14(18)8-17-12(4)15-6-11(3)19-13(15)5/h6-7,9-10,12,17H,8H2,1-5H3. The van der Waals surface area contributed by atoms with E-state index in [0.717, 1.165) is 6.54 Å². The molecule has 0 saturated carbocycles. The van der Waals surface area contributed by atoms with Gasteiger partial charge in [0.25, 0.3) is 0 Å². The van der Waals surface area contributed by atoms with Crippen LogP contribution in [-0.2, 0) is 6.54 Å². The number of thiophene rings is 1. The van der Waals surface area contributed by atoms with Gasteiger partial charge in [-0.3, -0.25) is 0 Å². The van der Waals surface area contributed by atoms with E-state index in [1.165, 1.54) is 21.0 Å². The molecular formula is C15H23N3S. The molecule has 2 heterocycles. The molecule has 0 bridgehead atoms. The number of nitrogens with one attached hydrogen (secondary N) is 1. The molecule has 2 aromatic rings.